The van der Waals surface area contributed by atoms with E-state index in [0.29, 0.717) is 11.1 Å². The van der Waals surface area contributed by atoms with Crippen LogP contribution in [0.2, 0.25) is 0 Å². The maximum absolute atomic E-state index is 14.4. The van der Waals surface area contributed by atoms with Crippen molar-refractivity contribution in [2.24, 2.45) is 17.8 Å². The summed E-state index contributed by atoms with van der Waals surface area (Å²) < 4.78 is 28.4. The summed E-state index contributed by atoms with van der Waals surface area (Å²) in [6.45, 7) is 5.94. The van der Waals surface area contributed by atoms with Crippen molar-refractivity contribution in [3.63, 3.8) is 0 Å². The zero-order valence-electron chi connectivity index (χ0n) is 14.8. The van der Waals surface area contributed by atoms with Gasteiger partial charge in [-0.1, -0.05) is 25.8 Å². The zero-order valence-corrected chi connectivity index (χ0v) is 14.8. The van der Waals surface area contributed by atoms with Gasteiger partial charge in [0.05, 0.1) is 0 Å². The van der Waals surface area contributed by atoms with Crippen molar-refractivity contribution in [2.75, 3.05) is 0 Å². The maximum Gasteiger partial charge on any atom is 0.162 e. The minimum Gasteiger partial charge on any atom is -0.203 e. The lowest BCUT2D eigenvalue weighted by atomic mass is 9.68. The fourth-order valence-corrected chi connectivity index (χ4v) is 5.07. The number of hydrogen-bond acceptors (Lipinski definition) is 0. The van der Waals surface area contributed by atoms with Crippen molar-refractivity contribution >= 4 is 0 Å². The third-order valence-electron chi connectivity index (χ3n) is 6.54. The van der Waals surface area contributed by atoms with E-state index in [1.165, 1.54) is 38.5 Å². The van der Waals surface area contributed by atoms with E-state index in [0.717, 1.165) is 36.2 Å². The summed E-state index contributed by atoms with van der Waals surface area (Å²) in [5.74, 6) is 1.58. The van der Waals surface area contributed by atoms with Crippen LogP contribution in [0.4, 0.5) is 8.78 Å². The van der Waals surface area contributed by atoms with Crippen LogP contribution < -0.4 is 0 Å². The Labute approximate surface area is 142 Å². The molecule has 3 rings (SSSR count). The highest BCUT2D eigenvalue weighted by atomic mass is 19.2. The Morgan fingerprint density at radius 2 is 1.30 bits per heavy atom. The van der Waals surface area contributed by atoms with Crippen molar-refractivity contribution in [3.05, 3.63) is 34.4 Å². The van der Waals surface area contributed by atoms with Crippen LogP contribution in [-0.2, 0) is 0 Å². The summed E-state index contributed by atoms with van der Waals surface area (Å²) in [4.78, 5) is 0. The minimum atomic E-state index is -0.644. The summed E-state index contributed by atoms with van der Waals surface area (Å²) in [5, 5.41) is 0. The Kier molecular flexibility index (Phi) is 5.08. The van der Waals surface area contributed by atoms with E-state index in [9.17, 15) is 8.78 Å². The molecule has 132 valence electrons. The number of hydrogen-bond donors (Lipinski definition) is 0. The van der Waals surface area contributed by atoms with Crippen LogP contribution in [-0.4, -0.2) is 0 Å². The maximum atomic E-state index is 14.4. The second-order valence-corrected chi connectivity index (χ2v) is 8.18. The predicted molar refractivity (Wildman–Crippen MR) is 95.9 cm³/mol. The van der Waals surface area contributed by atoms with E-state index in [-0.39, 0.29) is 8.77 Å². The van der Waals surface area contributed by atoms with Crippen LogP contribution in [0.25, 0.3) is 0 Å². The third kappa shape index (κ3) is 3.46. The lowest BCUT2D eigenvalue weighted by molar-refractivity contribution is 0.164. The van der Waals surface area contributed by atoms with Gasteiger partial charge in [0.25, 0.3) is 0 Å². The van der Waals surface area contributed by atoms with E-state index in [1.807, 2.05) is 13.0 Å². The monoisotopic (exact) mass is 324 g/mol. The molecule has 23 heavy (non-hydrogen) atoms. The normalized spacial score (nSPS) is 32.0. The second-order valence-electron chi connectivity index (χ2n) is 8.18. The van der Waals surface area contributed by atoms with Crippen LogP contribution in [0.5, 0.6) is 0 Å². The molecule has 2 aliphatic carbocycles. The molecule has 2 fully saturated rings. The first kappa shape index (κ1) is 16.9. The average Bonchev–Trinajstić information content (AvgIpc) is 2.54. The molecule has 0 amide bonds. The standard InChI is InChI=1S/C21H30F2.2H2/c1-13-4-6-16(7-5-13)17-8-10-18(11-9-17)19-14(2)12-15(3)20(22)21(19)23;;/h12-13,16-18H,4-11H2,1-3H3;2*1H. The van der Waals surface area contributed by atoms with Crippen LogP contribution in [0.15, 0.2) is 6.07 Å². The van der Waals surface area contributed by atoms with Gasteiger partial charge in [-0.15, -0.1) is 0 Å². The molecule has 1 aromatic carbocycles. The summed E-state index contributed by atoms with van der Waals surface area (Å²) in [5.41, 5.74) is 2.01. The Morgan fingerprint density at radius 1 is 0.783 bits per heavy atom. The molecule has 0 bridgehead atoms. The first-order valence-corrected chi connectivity index (χ1v) is 9.42. The highest BCUT2D eigenvalue weighted by molar-refractivity contribution is 5.36. The molecule has 0 aliphatic heterocycles. The average molecular weight is 324 g/mol. The van der Waals surface area contributed by atoms with Crippen LogP contribution in [0.1, 0.15) is 83.8 Å². The van der Waals surface area contributed by atoms with Crippen molar-refractivity contribution < 1.29 is 11.6 Å². The van der Waals surface area contributed by atoms with Gasteiger partial charge in [0, 0.05) is 2.85 Å². The fourth-order valence-electron chi connectivity index (χ4n) is 5.07. The Bertz CT molecular complexity index is 558. The molecule has 0 N–H and O–H groups in total. The summed E-state index contributed by atoms with van der Waals surface area (Å²) in [6, 6.07) is 1.81. The minimum absolute atomic E-state index is 0. The number of rotatable bonds is 2. The van der Waals surface area contributed by atoms with E-state index < -0.39 is 11.6 Å². The molecule has 0 spiro atoms. The van der Waals surface area contributed by atoms with E-state index in [4.69, 9.17) is 0 Å². The summed E-state index contributed by atoms with van der Waals surface area (Å²) >= 11 is 0. The number of halogens is 2. The van der Waals surface area contributed by atoms with Gasteiger partial charge in [-0.05, 0) is 92.7 Å². The van der Waals surface area contributed by atoms with Gasteiger partial charge in [-0.25, -0.2) is 8.78 Å². The molecule has 2 aliphatic rings. The topological polar surface area (TPSA) is 0 Å². The Balaban J connectivity index is 0.00000156. The molecular weight excluding hydrogens is 290 g/mol. The van der Waals surface area contributed by atoms with Crippen LogP contribution in [0, 0.1) is 43.2 Å². The molecule has 0 heterocycles. The number of benzene rings is 1. The van der Waals surface area contributed by atoms with Crippen molar-refractivity contribution in [1.29, 1.82) is 0 Å². The smallest absolute Gasteiger partial charge is 0.162 e. The molecule has 0 radical (unpaired) electrons. The van der Waals surface area contributed by atoms with E-state index in [1.54, 1.807) is 6.92 Å². The number of aryl methyl sites for hydroxylation is 2. The summed E-state index contributed by atoms with van der Waals surface area (Å²) in [6.07, 6.45) is 9.94. The molecule has 1 aromatic rings. The molecule has 0 saturated heterocycles. The largest absolute Gasteiger partial charge is 0.203 e. The Hall–Kier alpha value is -0.920. The highest BCUT2D eigenvalue weighted by Gasteiger charge is 2.32. The van der Waals surface area contributed by atoms with Gasteiger partial charge >= 0.3 is 0 Å². The van der Waals surface area contributed by atoms with E-state index in [2.05, 4.69) is 6.92 Å². The first-order valence-electron chi connectivity index (χ1n) is 9.42. The van der Waals surface area contributed by atoms with Gasteiger partial charge < -0.3 is 0 Å². The SMILES string of the molecule is Cc1cc(C)c(C2CCC(C3CCC(C)CC3)CC2)c(F)c1F.[HH].[HH]. The lowest BCUT2D eigenvalue weighted by Crippen LogP contribution is -2.25. The fraction of sp³-hybridized carbons (Fsp3) is 0.714. The van der Waals surface area contributed by atoms with Crippen LogP contribution in [0.3, 0.4) is 0 Å². The molecule has 0 nitrogen and oxygen atoms in total. The van der Waals surface area contributed by atoms with Gasteiger partial charge in [-0.3, -0.25) is 0 Å². The summed E-state index contributed by atoms with van der Waals surface area (Å²) in [7, 11) is 0. The van der Waals surface area contributed by atoms with Gasteiger partial charge in [0.1, 0.15) is 0 Å². The lowest BCUT2D eigenvalue weighted by Gasteiger charge is -2.37. The highest BCUT2D eigenvalue weighted by Crippen LogP contribution is 2.45. The van der Waals surface area contributed by atoms with Gasteiger partial charge in [0.2, 0.25) is 0 Å². The first-order chi connectivity index (χ1) is 11.0. The predicted octanol–water partition coefficient (Wildman–Crippen LogP) is 7.17. The van der Waals surface area contributed by atoms with Crippen molar-refractivity contribution in [2.45, 2.75) is 78.1 Å². The van der Waals surface area contributed by atoms with Crippen molar-refractivity contribution in [1.82, 2.24) is 0 Å². The quantitative estimate of drug-likeness (QED) is 0.540. The third-order valence-corrected chi connectivity index (χ3v) is 6.54. The zero-order chi connectivity index (χ0) is 16.6. The molecule has 0 unspecified atom stereocenters. The molecule has 2 saturated carbocycles. The molecule has 0 atom stereocenters. The molecular formula is C21H34F2. The van der Waals surface area contributed by atoms with Crippen LogP contribution >= 0.6 is 0 Å². The van der Waals surface area contributed by atoms with E-state index >= 15 is 0 Å². The second kappa shape index (κ2) is 6.91. The van der Waals surface area contributed by atoms with Crippen molar-refractivity contribution in [3.8, 4) is 0 Å². The molecule has 0 aromatic heterocycles. The van der Waals surface area contributed by atoms with Gasteiger partial charge in [0.15, 0.2) is 11.6 Å². The van der Waals surface area contributed by atoms with Gasteiger partial charge in [-0.2, -0.15) is 0 Å². The molecule has 2 heteroatoms. The Morgan fingerprint density at radius 3 is 1.87 bits per heavy atom.